The number of carbonyl (C=O) groups is 2. The standard InChI is InChI=1S/C28H31N5O4/c1-28(2,3)29-27(35)26(19-11-10-12-20(17-19)36-4)33(23-15-8-9-16-24(23)37-5)25(34)18-32-22-14-7-6-13-21(22)30-31-32/h6-17,26H,18H2,1-5H3,(H,29,35). The summed E-state index contributed by atoms with van der Waals surface area (Å²) in [5.74, 6) is 0.317. The Bertz CT molecular complexity index is 1410. The number of aromatic nitrogens is 3. The van der Waals surface area contributed by atoms with E-state index < -0.39 is 11.6 Å². The Morgan fingerprint density at radius 2 is 1.70 bits per heavy atom. The first-order valence-electron chi connectivity index (χ1n) is 11.9. The van der Waals surface area contributed by atoms with Crippen LogP contribution in [0.1, 0.15) is 32.4 Å². The predicted molar refractivity (Wildman–Crippen MR) is 142 cm³/mol. The fraction of sp³-hybridized carbons (Fsp3) is 0.286. The summed E-state index contributed by atoms with van der Waals surface area (Å²) in [5, 5.41) is 11.4. The Kier molecular flexibility index (Phi) is 7.42. The second-order valence-electron chi connectivity index (χ2n) is 9.59. The summed E-state index contributed by atoms with van der Waals surface area (Å²) >= 11 is 0. The van der Waals surface area contributed by atoms with Crippen molar-refractivity contribution in [3.8, 4) is 11.5 Å². The molecule has 0 aliphatic heterocycles. The minimum atomic E-state index is -1.02. The van der Waals surface area contributed by atoms with Gasteiger partial charge in [-0.05, 0) is 62.7 Å². The number of anilines is 1. The number of nitrogens with one attached hydrogen (secondary N) is 1. The lowest BCUT2D eigenvalue weighted by Gasteiger charge is -2.34. The minimum absolute atomic E-state index is 0.137. The van der Waals surface area contributed by atoms with Gasteiger partial charge in [-0.15, -0.1) is 5.10 Å². The van der Waals surface area contributed by atoms with E-state index in [2.05, 4.69) is 15.6 Å². The summed E-state index contributed by atoms with van der Waals surface area (Å²) in [4.78, 5) is 29.5. The molecule has 9 nitrogen and oxygen atoms in total. The van der Waals surface area contributed by atoms with Gasteiger partial charge in [0.05, 0.1) is 25.4 Å². The molecule has 1 atom stereocenters. The molecule has 2 amide bonds. The van der Waals surface area contributed by atoms with E-state index >= 15 is 0 Å². The normalized spacial score (nSPS) is 12.1. The van der Waals surface area contributed by atoms with Crippen LogP contribution in [0.5, 0.6) is 11.5 Å². The molecule has 0 fully saturated rings. The molecule has 192 valence electrons. The summed E-state index contributed by atoms with van der Waals surface area (Å²) in [5.41, 5.74) is 1.90. The zero-order chi connectivity index (χ0) is 26.6. The Morgan fingerprint density at radius 3 is 2.43 bits per heavy atom. The Morgan fingerprint density at radius 1 is 0.973 bits per heavy atom. The average Bonchev–Trinajstić information content (AvgIpc) is 3.28. The SMILES string of the molecule is COc1cccc(C(C(=O)NC(C)(C)C)N(C(=O)Cn2nnc3ccccc32)c2ccccc2OC)c1. The van der Waals surface area contributed by atoms with Crippen molar-refractivity contribution in [1.82, 2.24) is 20.3 Å². The summed E-state index contributed by atoms with van der Waals surface area (Å²) in [7, 11) is 3.09. The van der Waals surface area contributed by atoms with Crippen LogP contribution in [0.4, 0.5) is 5.69 Å². The number of amides is 2. The minimum Gasteiger partial charge on any atom is -0.497 e. The molecule has 37 heavy (non-hydrogen) atoms. The maximum Gasteiger partial charge on any atom is 0.249 e. The summed E-state index contributed by atoms with van der Waals surface area (Å²) < 4.78 is 12.6. The van der Waals surface area contributed by atoms with E-state index in [1.54, 1.807) is 49.6 Å². The smallest absolute Gasteiger partial charge is 0.249 e. The second kappa shape index (κ2) is 10.7. The van der Waals surface area contributed by atoms with Crippen LogP contribution in [-0.4, -0.2) is 46.6 Å². The van der Waals surface area contributed by atoms with Gasteiger partial charge in [-0.1, -0.05) is 41.6 Å². The highest BCUT2D eigenvalue weighted by Crippen LogP contribution is 2.36. The largest absolute Gasteiger partial charge is 0.497 e. The summed E-state index contributed by atoms with van der Waals surface area (Å²) in [6.07, 6.45) is 0. The second-order valence-corrected chi connectivity index (χ2v) is 9.59. The van der Waals surface area contributed by atoms with E-state index in [1.807, 2.05) is 51.1 Å². The lowest BCUT2D eigenvalue weighted by molar-refractivity contribution is -0.128. The number of nitrogens with zero attached hydrogens (tertiary/aromatic N) is 4. The quantitative estimate of drug-likeness (QED) is 0.390. The fourth-order valence-corrected chi connectivity index (χ4v) is 4.15. The molecule has 0 spiro atoms. The van der Waals surface area contributed by atoms with Crippen LogP contribution in [0.3, 0.4) is 0 Å². The lowest BCUT2D eigenvalue weighted by Crippen LogP contribution is -2.50. The van der Waals surface area contributed by atoms with Crippen molar-refractivity contribution in [2.24, 2.45) is 0 Å². The van der Waals surface area contributed by atoms with Gasteiger partial charge in [0.1, 0.15) is 29.6 Å². The lowest BCUT2D eigenvalue weighted by atomic mass is 10.00. The van der Waals surface area contributed by atoms with Crippen molar-refractivity contribution in [3.63, 3.8) is 0 Å². The maximum atomic E-state index is 14.1. The maximum absolute atomic E-state index is 14.1. The van der Waals surface area contributed by atoms with Gasteiger partial charge in [0.25, 0.3) is 0 Å². The van der Waals surface area contributed by atoms with Crippen molar-refractivity contribution in [2.45, 2.75) is 38.9 Å². The number of benzene rings is 3. The topological polar surface area (TPSA) is 98.6 Å². The highest BCUT2D eigenvalue weighted by atomic mass is 16.5. The molecule has 4 aromatic rings. The van der Waals surface area contributed by atoms with Gasteiger partial charge in [0, 0.05) is 5.54 Å². The molecule has 3 aromatic carbocycles. The number of ether oxygens (including phenoxy) is 2. The Balaban J connectivity index is 1.87. The van der Waals surface area contributed by atoms with Crippen molar-refractivity contribution in [3.05, 3.63) is 78.4 Å². The van der Waals surface area contributed by atoms with Crippen LogP contribution < -0.4 is 19.7 Å². The van der Waals surface area contributed by atoms with E-state index in [0.717, 1.165) is 0 Å². The fourth-order valence-electron chi connectivity index (χ4n) is 4.15. The van der Waals surface area contributed by atoms with Crippen LogP contribution in [0.2, 0.25) is 0 Å². The van der Waals surface area contributed by atoms with Crippen molar-refractivity contribution in [1.29, 1.82) is 0 Å². The molecule has 1 aromatic heterocycles. The van der Waals surface area contributed by atoms with E-state index in [-0.39, 0.29) is 18.4 Å². The number of rotatable bonds is 8. The number of fused-ring (bicyclic) bond motifs is 1. The van der Waals surface area contributed by atoms with Gasteiger partial charge in [-0.3, -0.25) is 14.5 Å². The van der Waals surface area contributed by atoms with E-state index in [4.69, 9.17) is 9.47 Å². The van der Waals surface area contributed by atoms with Gasteiger partial charge in [-0.2, -0.15) is 0 Å². The van der Waals surface area contributed by atoms with Gasteiger partial charge in [-0.25, -0.2) is 4.68 Å². The molecule has 0 aliphatic rings. The number of hydrogen-bond acceptors (Lipinski definition) is 6. The highest BCUT2D eigenvalue weighted by Gasteiger charge is 2.36. The molecule has 0 saturated heterocycles. The van der Waals surface area contributed by atoms with Crippen LogP contribution in [0.15, 0.2) is 72.8 Å². The number of hydrogen-bond donors (Lipinski definition) is 1. The average molecular weight is 502 g/mol. The van der Waals surface area contributed by atoms with Gasteiger partial charge >= 0.3 is 0 Å². The molecular weight excluding hydrogens is 470 g/mol. The third-order valence-corrected chi connectivity index (χ3v) is 5.73. The summed E-state index contributed by atoms with van der Waals surface area (Å²) in [6, 6.07) is 20.6. The summed E-state index contributed by atoms with van der Waals surface area (Å²) in [6.45, 7) is 5.54. The molecule has 1 N–H and O–H groups in total. The van der Waals surface area contributed by atoms with E-state index in [0.29, 0.717) is 33.8 Å². The van der Waals surface area contributed by atoms with Crippen LogP contribution in [0.25, 0.3) is 11.0 Å². The zero-order valence-electron chi connectivity index (χ0n) is 21.6. The van der Waals surface area contributed by atoms with Crippen molar-refractivity contribution >= 4 is 28.5 Å². The first-order chi connectivity index (χ1) is 17.7. The predicted octanol–water partition coefficient (Wildman–Crippen LogP) is 4.14. The number of para-hydroxylation sites is 3. The molecule has 4 rings (SSSR count). The highest BCUT2D eigenvalue weighted by molar-refractivity contribution is 6.02. The monoisotopic (exact) mass is 501 g/mol. The molecule has 0 bridgehead atoms. The Hall–Kier alpha value is -4.40. The van der Waals surface area contributed by atoms with Crippen LogP contribution in [-0.2, 0) is 16.1 Å². The third kappa shape index (κ3) is 5.72. The molecule has 0 aliphatic carbocycles. The number of methoxy groups -OCH3 is 2. The van der Waals surface area contributed by atoms with Crippen LogP contribution >= 0.6 is 0 Å². The van der Waals surface area contributed by atoms with Crippen LogP contribution in [0, 0.1) is 0 Å². The molecule has 0 radical (unpaired) electrons. The first-order valence-corrected chi connectivity index (χ1v) is 11.9. The zero-order valence-corrected chi connectivity index (χ0v) is 21.6. The van der Waals surface area contributed by atoms with Gasteiger partial charge in [0.2, 0.25) is 11.8 Å². The van der Waals surface area contributed by atoms with Gasteiger partial charge < -0.3 is 14.8 Å². The van der Waals surface area contributed by atoms with Crippen molar-refractivity contribution in [2.75, 3.05) is 19.1 Å². The van der Waals surface area contributed by atoms with E-state index in [9.17, 15) is 9.59 Å². The van der Waals surface area contributed by atoms with Crippen molar-refractivity contribution < 1.29 is 19.1 Å². The van der Waals surface area contributed by atoms with E-state index in [1.165, 1.54) is 16.7 Å². The first kappa shape index (κ1) is 25.7. The third-order valence-electron chi connectivity index (χ3n) is 5.73. The molecule has 1 unspecified atom stereocenters. The molecule has 0 saturated carbocycles. The molecule has 9 heteroatoms. The Labute approximate surface area is 216 Å². The molecular formula is C28H31N5O4. The molecule has 1 heterocycles. The van der Waals surface area contributed by atoms with Gasteiger partial charge in [0.15, 0.2) is 0 Å². The number of carbonyl (C=O) groups excluding carboxylic acids is 2.